The third kappa shape index (κ3) is 3.04. The molecule has 16 heavy (non-hydrogen) atoms. The third-order valence-electron chi connectivity index (χ3n) is 2.18. The molecule has 0 bridgehead atoms. The van der Waals surface area contributed by atoms with Crippen molar-refractivity contribution in [3.8, 4) is 0 Å². The fraction of sp³-hybridized carbons (Fsp3) is 0.600. The van der Waals surface area contributed by atoms with Crippen molar-refractivity contribution in [2.75, 3.05) is 20.6 Å². The van der Waals surface area contributed by atoms with Gasteiger partial charge < -0.3 is 5.32 Å². The van der Waals surface area contributed by atoms with Gasteiger partial charge in [-0.1, -0.05) is 6.92 Å². The summed E-state index contributed by atoms with van der Waals surface area (Å²) in [6.45, 7) is 3.60. The number of thiophene rings is 1. The number of nitrogens with one attached hydrogen (secondary N) is 1. The van der Waals surface area contributed by atoms with E-state index in [1.165, 1.54) is 15.6 Å². The minimum absolute atomic E-state index is 0.422. The van der Waals surface area contributed by atoms with E-state index in [4.69, 9.17) is 0 Å². The van der Waals surface area contributed by atoms with Crippen LogP contribution in [-0.2, 0) is 16.6 Å². The number of rotatable bonds is 6. The Morgan fingerprint density at radius 2 is 2.12 bits per heavy atom. The van der Waals surface area contributed by atoms with Gasteiger partial charge in [-0.2, -0.15) is 0 Å². The normalized spacial score (nSPS) is 12.2. The highest BCUT2D eigenvalue weighted by Crippen LogP contribution is 2.23. The molecule has 0 fully saturated rings. The number of hydrogen-bond acceptors (Lipinski definition) is 4. The van der Waals surface area contributed by atoms with Crippen LogP contribution in [0.5, 0.6) is 0 Å². The van der Waals surface area contributed by atoms with Gasteiger partial charge in [0, 0.05) is 25.5 Å². The molecule has 92 valence electrons. The van der Waals surface area contributed by atoms with E-state index >= 15 is 0 Å². The van der Waals surface area contributed by atoms with Crippen LogP contribution in [0.15, 0.2) is 16.3 Å². The van der Waals surface area contributed by atoms with Crippen molar-refractivity contribution < 1.29 is 8.42 Å². The third-order valence-corrected chi connectivity index (χ3v) is 5.13. The van der Waals surface area contributed by atoms with Gasteiger partial charge in [0.2, 0.25) is 10.0 Å². The lowest BCUT2D eigenvalue weighted by Crippen LogP contribution is -2.23. The van der Waals surface area contributed by atoms with Crippen LogP contribution in [0.25, 0.3) is 0 Å². The second kappa shape index (κ2) is 5.77. The number of hydrogen-bond donors (Lipinski definition) is 1. The van der Waals surface area contributed by atoms with Crippen molar-refractivity contribution in [1.82, 2.24) is 9.62 Å². The van der Waals surface area contributed by atoms with Crippen LogP contribution >= 0.6 is 11.3 Å². The predicted molar refractivity (Wildman–Crippen MR) is 67.2 cm³/mol. The van der Waals surface area contributed by atoms with Gasteiger partial charge in [0.15, 0.2) is 0 Å². The smallest absolute Gasteiger partial charge is 0.243 e. The van der Waals surface area contributed by atoms with E-state index in [-0.39, 0.29) is 0 Å². The molecule has 0 saturated carbocycles. The van der Waals surface area contributed by atoms with E-state index in [0.29, 0.717) is 11.4 Å². The molecule has 0 saturated heterocycles. The summed E-state index contributed by atoms with van der Waals surface area (Å²) in [5, 5.41) is 5.04. The lowest BCUT2D eigenvalue weighted by atomic mass is 10.4. The average Bonchev–Trinajstić information content (AvgIpc) is 2.66. The summed E-state index contributed by atoms with van der Waals surface area (Å²) in [7, 11) is -0.194. The summed E-state index contributed by atoms with van der Waals surface area (Å²) in [6, 6.07) is 1.67. The molecule has 1 heterocycles. The zero-order valence-electron chi connectivity index (χ0n) is 9.86. The van der Waals surface area contributed by atoms with Crippen LogP contribution in [0.2, 0.25) is 0 Å². The standard InChI is InChI=1S/C10H18N2O2S2/c1-4-6-11-8-9-10(5-7-15-9)16(13,14)12(2)3/h5,7,11H,4,6,8H2,1-3H3. The first kappa shape index (κ1) is 13.6. The summed E-state index contributed by atoms with van der Waals surface area (Å²) in [4.78, 5) is 1.30. The van der Waals surface area contributed by atoms with E-state index in [1.807, 2.05) is 5.38 Å². The average molecular weight is 262 g/mol. The van der Waals surface area contributed by atoms with E-state index in [2.05, 4.69) is 12.2 Å². The van der Waals surface area contributed by atoms with Gasteiger partial charge in [-0.15, -0.1) is 11.3 Å². The summed E-state index contributed by atoms with van der Waals surface area (Å²) < 4.78 is 25.2. The summed E-state index contributed by atoms with van der Waals surface area (Å²) in [5.74, 6) is 0. The van der Waals surface area contributed by atoms with Crippen molar-refractivity contribution in [3.05, 3.63) is 16.3 Å². The van der Waals surface area contributed by atoms with Crippen LogP contribution in [0.1, 0.15) is 18.2 Å². The maximum atomic E-state index is 12.0. The lowest BCUT2D eigenvalue weighted by Gasteiger charge is -2.12. The summed E-state index contributed by atoms with van der Waals surface area (Å²) in [5.41, 5.74) is 0. The molecule has 0 aliphatic rings. The monoisotopic (exact) mass is 262 g/mol. The molecule has 1 aromatic heterocycles. The van der Waals surface area contributed by atoms with Crippen LogP contribution in [0.3, 0.4) is 0 Å². The fourth-order valence-corrected chi connectivity index (χ4v) is 3.54. The van der Waals surface area contributed by atoms with E-state index in [1.54, 1.807) is 20.2 Å². The number of sulfonamides is 1. The maximum Gasteiger partial charge on any atom is 0.243 e. The van der Waals surface area contributed by atoms with E-state index in [0.717, 1.165) is 17.8 Å². The Kier molecular flexibility index (Phi) is 4.91. The predicted octanol–water partition coefficient (Wildman–Crippen LogP) is 1.50. The van der Waals surface area contributed by atoms with E-state index < -0.39 is 10.0 Å². The minimum Gasteiger partial charge on any atom is -0.312 e. The Morgan fingerprint density at radius 3 is 2.69 bits per heavy atom. The van der Waals surface area contributed by atoms with Crippen molar-refractivity contribution in [1.29, 1.82) is 0 Å². The second-order valence-corrected chi connectivity index (χ2v) is 6.79. The van der Waals surface area contributed by atoms with Crippen LogP contribution in [0.4, 0.5) is 0 Å². The van der Waals surface area contributed by atoms with Gasteiger partial charge in [-0.3, -0.25) is 0 Å². The van der Waals surface area contributed by atoms with Gasteiger partial charge in [0.1, 0.15) is 0 Å². The Hall–Kier alpha value is -0.430. The Bertz CT molecular complexity index is 424. The SMILES string of the molecule is CCCNCc1sccc1S(=O)(=O)N(C)C. The van der Waals surface area contributed by atoms with E-state index in [9.17, 15) is 8.42 Å². The van der Waals surface area contributed by atoms with Crippen LogP contribution < -0.4 is 5.32 Å². The lowest BCUT2D eigenvalue weighted by molar-refractivity contribution is 0.519. The summed E-state index contributed by atoms with van der Waals surface area (Å²) in [6.07, 6.45) is 1.04. The zero-order chi connectivity index (χ0) is 12.2. The molecule has 0 aliphatic carbocycles. The molecule has 0 aromatic carbocycles. The highest BCUT2D eigenvalue weighted by molar-refractivity contribution is 7.89. The van der Waals surface area contributed by atoms with Crippen molar-refractivity contribution in [2.24, 2.45) is 0 Å². The van der Waals surface area contributed by atoms with Crippen LogP contribution in [-0.4, -0.2) is 33.4 Å². The molecule has 1 N–H and O–H groups in total. The first-order chi connectivity index (χ1) is 7.50. The minimum atomic E-state index is -3.30. The Balaban J connectivity index is 2.86. The van der Waals surface area contributed by atoms with Gasteiger partial charge in [0.05, 0.1) is 4.90 Å². The highest BCUT2D eigenvalue weighted by Gasteiger charge is 2.21. The number of nitrogens with zero attached hydrogens (tertiary/aromatic N) is 1. The van der Waals surface area contributed by atoms with Crippen molar-refractivity contribution >= 4 is 21.4 Å². The van der Waals surface area contributed by atoms with Gasteiger partial charge >= 0.3 is 0 Å². The first-order valence-electron chi connectivity index (χ1n) is 5.19. The zero-order valence-corrected chi connectivity index (χ0v) is 11.5. The fourth-order valence-electron chi connectivity index (χ4n) is 1.26. The second-order valence-electron chi connectivity index (χ2n) is 3.67. The van der Waals surface area contributed by atoms with Crippen molar-refractivity contribution in [2.45, 2.75) is 24.8 Å². The Labute approximate surface area is 101 Å². The molecule has 0 radical (unpaired) electrons. The molecule has 0 unspecified atom stereocenters. The Morgan fingerprint density at radius 1 is 1.44 bits per heavy atom. The molecular weight excluding hydrogens is 244 g/mol. The quantitative estimate of drug-likeness (QED) is 0.790. The molecule has 0 aliphatic heterocycles. The topological polar surface area (TPSA) is 49.4 Å². The molecule has 1 aromatic rings. The highest BCUT2D eigenvalue weighted by atomic mass is 32.2. The van der Waals surface area contributed by atoms with Gasteiger partial charge in [-0.25, -0.2) is 12.7 Å². The molecule has 6 heteroatoms. The molecule has 4 nitrogen and oxygen atoms in total. The molecular formula is C10H18N2O2S2. The van der Waals surface area contributed by atoms with Gasteiger partial charge in [-0.05, 0) is 24.4 Å². The maximum absolute atomic E-state index is 12.0. The molecule has 1 rings (SSSR count). The summed E-state index contributed by atoms with van der Waals surface area (Å²) >= 11 is 1.48. The molecule has 0 spiro atoms. The largest absolute Gasteiger partial charge is 0.312 e. The first-order valence-corrected chi connectivity index (χ1v) is 7.51. The van der Waals surface area contributed by atoms with Gasteiger partial charge in [0.25, 0.3) is 0 Å². The van der Waals surface area contributed by atoms with Crippen LogP contribution in [0, 0.1) is 0 Å². The molecule has 0 atom stereocenters. The molecule has 0 amide bonds. The van der Waals surface area contributed by atoms with Crippen molar-refractivity contribution in [3.63, 3.8) is 0 Å².